The summed E-state index contributed by atoms with van der Waals surface area (Å²) in [6, 6.07) is 9.76. The average molecular weight is 545 g/mol. The van der Waals surface area contributed by atoms with Crippen LogP contribution in [0.5, 0.6) is 0 Å². The Morgan fingerprint density at radius 3 is 1.64 bits per heavy atom. The van der Waals surface area contributed by atoms with E-state index in [1.807, 2.05) is 36.4 Å². The topological polar surface area (TPSA) is 0 Å². The van der Waals surface area contributed by atoms with Gasteiger partial charge in [0.25, 0.3) is 0 Å². The fraction of sp³-hybridized carbons (Fsp3) is 0. The first-order chi connectivity index (χ1) is 9.42. The van der Waals surface area contributed by atoms with Gasteiger partial charge in [-0.2, -0.15) is 0 Å². The molecule has 0 saturated carbocycles. The van der Waals surface area contributed by atoms with Gasteiger partial charge < -0.3 is 0 Å². The first-order valence-corrected chi connectivity index (χ1v) is 18.1. The first kappa shape index (κ1) is 24.5. The van der Waals surface area contributed by atoms with Gasteiger partial charge in [-0.1, -0.05) is 48.0 Å². The molecule has 0 aliphatic rings. The molecule has 0 atom stereocenters. The van der Waals surface area contributed by atoms with E-state index in [4.69, 9.17) is 113 Å². The molecule has 1 aromatic carbocycles. The van der Waals surface area contributed by atoms with Crippen molar-refractivity contribution in [2.24, 2.45) is 0 Å². The SMILES string of the molecule is ClC(=C\[P+](Cl)(Cl)Cl)/C=C/c1ccccc1.Cl[P-](Cl)(Cl)(Cl)(Cl)Cl. The van der Waals surface area contributed by atoms with Crippen molar-refractivity contribution < 1.29 is 0 Å². The third-order valence-corrected chi connectivity index (χ3v) is 3.34. The van der Waals surface area contributed by atoms with Crippen LogP contribution >= 0.6 is 120 Å². The summed E-state index contributed by atoms with van der Waals surface area (Å²) in [4.78, 5) is 0. The number of halogens is 10. The van der Waals surface area contributed by atoms with Gasteiger partial charge >= 0.3 is 74.8 Å². The van der Waals surface area contributed by atoms with Crippen LogP contribution in [0.25, 0.3) is 6.08 Å². The van der Waals surface area contributed by atoms with E-state index < -0.39 is 7.38 Å². The zero-order valence-electron chi connectivity index (χ0n) is 10.3. The van der Waals surface area contributed by atoms with Crippen LogP contribution in [0.3, 0.4) is 0 Å². The average Bonchev–Trinajstić information content (AvgIpc) is 2.21. The molecule has 0 aliphatic heterocycles. The van der Waals surface area contributed by atoms with E-state index >= 15 is 0 Å². The second-order valence-electron chi connectivity index (χ2n) is 3.70. The van der Waals surface area contributed by atoms with Crippen LogP contribution in [0.4, 0.5) is 0 Å². The maximum atomic E-state index is 5.86. The van der Waals surface area contributed by atoms with Gasteiger partial charge in [0.15, 0.2) is 0 Å². The van der Waals surface area contributed by atoms with E-state index in [9.17, 15) is 0 Å². The molecule has 0 nitrogen and oxygen atoms in total. The molecule has 0 aliphatic carbocycles. The zero-order chi connectivity index (χ0) is 17.7. The van der Waals surface area contributed by atoms with E-state index in [-0.39, 0.29) is 0 Å². The van der Waals surface area contributed by atoms with Crippen LogP contribution in [0.1, 0.15) is 5.56 Å². The number of benzene rings is 1. The van der Waals surface area contributed by atoms with Crippen LogP contribution in [0, 0.1) is 0 Å². The standard InChI is InChI=1S/C10H8Cl4P.Cl6P/c11-10(8-15(12,13)14)7-6-9-4-2-1-3-5-9;1-7(2,3,4,5)6/h1-8H;/q+1;-1/b7-6+,10-8-;. The van der Waals surface area contributed by atoms with Crippen molar-refractivity contribution >= 4 is 126 Å². The summed E-state index contributed by atoms with van der Waals surface area (Å²) in [5.74, 6) is 1.46. The van der Waals surface area contributed by atoms with Crippen molar-refractivity contribution in [3.05, 3.63) is 52.8 Å². The van der Waals surface area contributed by atoms with Crippen LogP contribution in [0.2, 0.25) is 0 Å². The van der Waals surface area contributed by atoms with E-state index in [1.54, 1.807) is 6.08 Å². The molecule has 12 heteroatoms. The maximum absolute atomic E-state index is 5.86. The van der Waals surface area contributed by atoms with Crippen molar-refractivity contribution in [1.29, 1.82) is 0 Å². The Hall–Kier alpha value is 2.46. The molecule has 128 valence electrons. The summed E-state index contributed by atoms with van der Waals surface area (Å²) in [6.45, 7) is 0. The molecule has 1 rings (SSSR count). The zero-order valence-corrected chi connectivity index (χ0v) is 19.6. The molecule has 0 spiro atoms. The second kappa shape index (κ2) is 8.43. The van der Waals surface area contributed by atoms with Gasteiger partial charge in [0.2, 0.25) is 0 Å². The first-order valence-electron chi connectivity index (χ1n) is 5.08. The van der Waals surface area contributed by atoms with Crippen molar-refractivity contribution in [3.63, 3.8) is 0 Å². The molecule has 0 unspecified atom stereocenters. The number of hydrogen-bond acceptors (Lipinski definition) is 0. The fourth-order valence-electron chi connectivity index (χ4n) is 0.923. The molecule has 1 aromatic rings. The Bertz CT molecular complexity index is 527. The van der Waals surface area contributed by atoms with Crippen LogP contribution < -0.4 is 0 Å². The molecular weight excluding hydrogens is 537 g/mol. The summed E-state index contributed by atoms with van der Waals surface area (Å²) < 4.78 is -4.82. The third kappa shape index (κ3) is 24.7. The molecule has 0 fully saturated rings. The van der Waals surface area contributed by atoms with Gasteiger partial charge in [-0.3, -0.25) is 0 Å². The summed E-state index contributed by atoms with van der Waals surface area (Å²) in [5, 5.41) is -2.08. The Balaban J connectivity index is 0.000000534. The van der Waals surface area contributed by atoms with Gasteiger partial charge in [-0.25, -0.2) is 0 Å². The number of hydrogen-bond donors (Lipinski definition) is 0. The summed E-state index contributed by atoms with van der Waals surface area (Å²) in [6.07, 6.45) is 3.57. The van der Waals surface area contributed by atoms with Gasteiger partial charge in [0, 0.05) is 0 Å². The number of rotatable bonds is 3. The Morgan fingerprint density at radius 1 is 0.864 bits per heavy atom. The van der Waals surface area contributed by atoms with E-state index in [2.05, 4.69) is 0 Å². The normalized spacial score (nSPS) is 16.5. The quantitative estimate of drug-likeness (QED) is 0.262. The Morgan fingerprint density at radius 2 is 1.27 bits per heavy atom. The molecule has 0 aromatic heterocycles. The molecule has 0 heterocycles. The van der Waals surface area contributed by atoms with Gasteiger partial charge in [0.05, 0.1) is 5.03 Å². The van der Waals surface area contributed by atoms with Crippen molar-refractivity contribution in [1.82, 2.24) is 0 Å². The predicted octanol–water partition coefficient (Wildman–Crippen LogP) is 11.3. The van der Waals surface area contributed by atoms with E-state index in [1.165, 1.54) is 5.82 Å². The number of allylic oxidation sites excluding steroid dienone is 2. The Kier molecular flexibility index (Phi) is 9.38. The molecule has 0 radical (unpaired) electrons. The van der Waals surface area contributed by atoms with Crippen molar-refractivity contribution in [2.45, 2.75) is 0 Å². The van der Waals surface area contributed by atoms with Crippen LogP contribution in [0.15, 0.2) is 47.3 Å². The molecule has 0 saturated heterocycles. The molecule has 0 bridgehead atoms. The summed E-state index contributed by atoms with van der Waals surface area (Å²) in [5.41, 5.74) is 1.05. The molecule has 0 N–H and O–H groups in total. The summed E-state index contributed by atoms with van der Waals surface area (Å²) >= 11 is 52.9. The van der Waals surface area contributed by atoms with Crippen molar-refractivity contribution in [2.75, 3.05) is 0 Å². The van der Waals surface area contributed by atoms with Crippen LogP contribution in [-0.2, 0) is 0 Å². The van der Waals surface area contributed by atoms with E-state index in [0.717, 1.165) is 5.56 Å². The molecule has 22 heavy (non-hydrogen) atoms. The predicted molar refractivity (Wildman–Crippen MR) is 116 cm³/mol. The molecule has 0 amide bonds. The fourth-order valence-corrected chi connectivity index (χ4v) is 3.19. The third-order valence-electron chi connectivity index (χ3n) is 1.50. The minimum absolute atomic E-state index is 0.437. The summed E-state index contributed by atoms with van der Waals surface area (Å²) in [7, 11) is 0. The van der Waals surface area contributed by atoms with E-state index in [0.29, 0.717) is 5.03 Å². The van der Waals surface area contributed by atoms with Gasteiger partial charge in [0.1, 0.15) is 39.5 Å². The minimum atomic E-state index is -4.82. The monoisotopic (exact) mass is 540 g/mol. The van der Waals surface area contributed by atoms with Gasteiger partial charge in [-0.15, -0.1) is 0 Å². The molecular formula is C10H8Cl10P2. The second-order valence-corrected chi connectivity index (χ2v) is 36.6. The Labute approximate surface area is 177 Å². The van der Waals surface area contributed by atoms with Gasteiger partial charge in [-0.05, 0) is 11.6 Å². The van der Waals surface area contributed by atoms with Crippen LogP contribution in [-0.4, -0.2) is 0 Å². The van der Waals surface area contributed by atoms with Crippen molar-refractivity contribution in [3.8, 4) is 0 Å².